The number of benzene rings is 1. The van der Waals surface area contributed by atoms with Gasteiger partial charge in [0.05, 0.1) is 12.8 Å². The molecule has 0 aromatic heterocycles. The lowest BCUT2D eigenvalue weighted by molar-refractivity contribution is -0.139. The third kappa shape index (κ3) is 1.82. The van der Waals surface area contributed by atoms with Crippen molar-refractivity contribution in [3.63, 3.8) is 0 Å². The Kier molecular flexibility index (Phi) is 2.93. The molecular formula is C12H16N2O3. The summed E-state index contributed by atoms with van der Waals surface area (Å²) in [5, 5.41) is 9.01. The van der Waals surface area contributed by atoms with Gasteiger partial charge in [0.15, 0.2) is 0 Å². The molecule has 1 aromatic carbocycles. The lowest BCUT2D eigenvalue weighted by atomic mass is 9.94. The molecule has 5 heteroatoms. The Morgan fingerprint density at radius 3 is 2.94 bits per heavy atom. The summed E-state index contributed by atoms with van der Waals surface area (Å²) in [6.07, 6.45) is 0. The van der Waals surface area contributed by atoms with Crippen LogP contribution in [0.15, 0.2) is 18.2 Å². The summed E-state index contributed by atoms with van der Waals surface area (Å²) in [7, 11) is 3.52. The van der Waals surface area contributed by atoms with Crippen LogP contribution in [0.4, 0.5) is 5.69 Å². The lowest BCUT2D eigenvalue weighted by Gasteiger charge is -2.16. The molecule has 0 saturated carbocycles. The number of ether oxygens (including phenoxy) is 1. The molecule has 0 fully saturated rings. The van der Waals surface area contributed by atoms with Crippen molar-refractivity contribution in [1.82, 2.24) is 0 Å². The van der Waals surface area contributed by atoms with E-state index < -0.39 is 12.0 Å². The van der Waals surface area contributed by atoms with E-state index in [1.165, 1.54) is 0 Å². The fourth-order valence-corrected chi connectivity index (χ4v) is 2.38. The molecule has 92 valence electrons. The Morgan fingerprint density at radius 1 is 1.65 bits per heavy atom. The quantitative estimate of drug-likeness (QED) is 0.805. The Balaban J connectivity index is 2.44. The number of para-hydroxylation sites is 1. The molecule has 5 nitrogen and oxygen atoms in total. The second-order valence-electron chi connectivity index (χ2n) is 4.25. The van der Waals surface area contributed by atoms with Gasteiger partial charge in [-0.2, -0.15) is 0 Å². The van der Waals surface area contributed by atoms with Gasteiger partial charge in [-0.1, -0.05) is 12.1 Å². The van der Waals surface area contributed by atoms with Crippen LogP contribution in [-0.4, -0.2) is 37.8 Å². The molecule has 0 spiro atoms. The molecule has 3 N–H and O–H groups in total. The van der Waals surface area contributed by atoms with Gasteiger partial charge in [-0.05, 0) is 11.6 Å². The van der Waals surface area contributed by atoms with E-state index in [0.717, 1.165) is 17.0 Å². The van der Waals surface area contributed by atoms with Crippen LogP contribution in [0.3, 0.4) is 0 Å². The molecule has 2 unspecified atom stereocenters. The molecule has 0 amide bonds. The normalized spacial score (nSPS) is 19.9. The Labute approximate surface area is 99.8 Å². The lowest BCUT2D eigenvalue weighted by Crippen LogP contribution is -2.38. The van der Waals surface area contributed by atoms with Gasteiger partial charge in [0.2, 0.25) is 0 Å². The smallest absolute Gasteiger partial charge is 0.321 e. The van der Waals surface area contributed by atoms with Crippen molar-refractivity contribution in [1.29, 1.82) is 0 Å². The molecule has 1 aromatic rings. The van der Waals surface area contributed by atoms with E-state index in [2.05, 4.69) is 0 Å². The zero-order valence-electron chi connectivity index (χ0n) is 9.88. The second kappa shape index (κ2) is 4.25. The number of carboxylic acid groups (broad SMARTS) is 1. The molecular weight excluding hydrogens is 220 g/mol. The first-order chi connectivity index (χ1) is 8.06. The van der Waals surface area contributed by atoms with Crippen molar-refractivity contribution in [2.45, 2.75) is 12.0 Å². The van der Waals surface area contributed by atoms with Gasteiger partial charge in [-0.15, -0.1) is 0 Å². The number of aliphatic carboxylic acids is 1. The van der Waals surface area contributed by atoms with Gasteiger partial charge < -0.3 is 20.5 Å². The van der Waals surface area contributed by atoms with Crippen molar-refractivity contribution in [3.8, 4) is 5.75 Å². The number of carbonyl (C=O) groups is 1. The first-order valence-electron chi connectivity index (χ1n) is 5.42. The molecule has 0 radical (unpaired) electrons. The maximum Gasteiger partial charge on any atom is 0.321 e. The van der Waals surface area contributed by atoms with Gasteiger partial charge in [0.25, 0.3) is 0 Å². The fraction of sp³-hybridized carbons (Fsp3) is 0.417. The minimum Gasteiger partial charge on any atom is -0.495 e. The fourth-order valence-electron chi connectivity index (χ4n) is 2.38. The van der Waals surface area contributed by atoms with E-state index in [0.29, 0.717) is 6.54 Å². The number of hydrogen-bond donors (Lipinski definition) is 2. The minimum absolute atomic E-state index is 0.192. The summed E-state index contributed by atoms with van der Waals surface area (Å²) >= 11 is 0. The highest BCUT2D eigenvalue weighted by molar-refractivity contribution is 5.78. The van der Waals surface area contributed by atoms with E-state index in [4.69, 9.17) is 15.6 Å². The number of nitrogens with zero attached hydrogens (tertiary/aromatic N) is 1. The Bertz CT molecular complexity index is 447. The number of fused-ring (bicyclic) bond motifs is 1. The van der Waals surface area contributed by atoms with Gasteiger partial charge >= 0.3 is 5.97 Å². The molecule has 0 saturated heterocycles. The van der Waals surface area contributed by atoms with Crippen LogP contribution in [0, 0.1) is 0 Å². The predicted molar refractivity (Wildman–Crippen MR) is 64.6 cm³/mol. The zero-order chi connectivity index (χ0) is 12.6. The van der Waals surface area contributed by atoms with Crippen LogP contribution in [0.2, 0.25) is 0 Å². The number of methoxy groups -OCH3 is 1. The van der Waals surface area contributed by atoms with Crippen LogP contribution in [-0.2, 0) is 4.79 Å². The molecule has 1 aliphatic heterocycles. The number of likely N-dealkylation sites (N-methyl/N-ethyl adjacent to an activating group) is 1. The van der Waals surface area contributed by atoms with Gasteiger partial charge in [-0.25, -0.2) is 0 Å². The highest BCUT2D eigenvalue weighted by atomic mass is 16.5. The van der Waals surface area contributed by atoms with Gasteiger partial charge in [-0.3, -0.25) is 4.79 Å². The predicted octanol–water partition coefficient (Wildman–Crippen LogP) is 0.641. The molecule has 17 heavy (non-hydrogen) atoms. The SMILES string of the molecule is COc1cccc2c1N(C)CC2C(N)C(=O)O. The summed E-state index contributed by atoms with van der Waals surface area (Å²) < 4.78 is 5.29. The number of rotatable bonds is 3. The monoisotopic (exact) mass is 236 g/mol. The third-order valence-electron chi connectivity index (χ3n) is 3.22. The van der Waals surface area contributed by atoms with Crippen LogP contribution < -0.4 is 15.4 Å². The molecule has 2 rings (SSSR count). The topological polar surface area (TPSA) is 75.8 Å². The summed E-state index contributed by atoms with van der Waals surface area (Å²) in [5.41, 5.74) is 7.61. The van der Waals surface area contributed by atoms with E-state index >= 15 is 0 Å². The molecule has 0 aliphatic carbocycles. The van der Waals surface area contributed by atoms with Crippen LogP contribution >= 0.6 is 0 Å². The van der Waals surface area contributed by atoms with Crippen molar-refractivity contribution in [2.75, 3.05) is 25.6 Å². The summed E-state index contributed by atoms with van der Waals surface area (Å²) in [6.45, 7) is 0.600. The van der Waals surface area contributed by atoms with E-state index in [9.17, 15) is 4.79 Å². The minimum atomic E-state index is -0.973. The van der Waals surface area contributed by atoms with Crippen LogP contribution in [0.1, 0.15) is 11.5 Å². The largest absolute Gasteiger partial charge is 0.495 e. The number of hydrogen-bond acceptors (Lipinski definition) is 4. The summed E-state index contributed by atoms with van der Waals surface area (Å²) in [5.74, 6) is -0.410. The Morgan fingerprint density at radius 2 is 2.35 bits per heavy atom. The maximum atomic E-state index is 11.0. The zero-order valence-corrected chi connectivity index (χ0v) is 9.88. The summed E-state index contributed by atoms with van der Waals surface area (Å²) in [6, 6.07) is 4.75. The second-order valence-corrected chi connectivity index (χ2v) is 4.25. The summed E-state index contributed by atoms with van der Waals surface area (Å²) in [4.78, 5) is 13.0. The Hall–Kier alpha value is -1.75. The number of anilines is 1. The molecule has 1 heterocycles. The third-order valence-corrected chi connectivity index (χ3v) is 3.22. The average molecular weight is 236 g/mol. The number of carboxylic acids is 1. The van der Waals surface area contributed by atoms with E-state index in [-0.39, 0.29) is 5.92 Å². The molecule has 2 atom stereocenters. The van der Waals surface area contributed by atoms with Crippen molar-refractivity contribution >= 4 is 11.7 Å². The van der Waals surface area contributed by atoms with Gasteiger partial charge in [0, 0.05) is 19.5 Å². The highest BCUT2D eigenvalue weighted by Crippen LogP contribution is 2.42. The van der Waals surface area contributed by atoms with Crippen molar-refractivity contribution < 1.29 is 14.6 Å². The first-order valence-corrected chi connectivity index (χ1v) is 5.42. The van der Waals surface area contributed by atoms with Crippen molar-refractivity contribution in [2.24, 2.45) is 5.73 Å². The molecule has 1 aliphatic rings. The van der Waals surface area contributed by atoms with E-state index in [1.807, 2.05) is 30.1 Å². The number of nitrogens with two attached hydrogens (primary N) is 1. The van der Waals surface area contributed by atoms with Crippen molar-refractivity contribution in [3.05, 3.63) is 23.8 Å². The maximum absolute atomic E-state index is 11.0. The van der Waals surface area contributed by atoms with Crippen LogP contribution in [0.25, 0.3) is 0 Å². The molecule has 0 bridgehead atoms. The standard InChI is InChI=1S/C12H16N2O3/c1-14-6-8(10(13)12(15)16)7-4-3-5-9(17-2)11(7)14/h3-5,8,10H,6,13H2,1-2H3,(H,15,16). The van der Waals surface area contributed by atoms with Gasteiger partial charge in [0.1, 0.15) is 11.8 Å². The average Bonchev–Trinajstić information content (AvgIpc) is 2.66. The van der Waals surface area contributed by atoms with Crippen LogP contribution in [0.5, 0.6) is 5.75 Å². The van der Waals surface area contributed by atoms with E-state index in [1.54, 1.807) is 7.11 Å². The first kappa shape index (κ1) is 11.7. The highest BCUT2D eigenvalue weighted by Gasteiger charge is 2.35.